The first kappa shape index (κ1) is 14.8. The van der Waals surface area contributed by atoms with Gasteiger partial charge in [-0.15, -0.1) is 11.3 Å². The molecular weight excluding hydrogens is 278 g/mol. The van der Waals surface area contributed by atoms with Crippen molar-refractivity contribution in [2.75, 3.05) is 11.9 Å². The zero-order valence-corrected chi connectivity index (χ0v) is 12.0. The second-order valence-electron chi connectivity index (χ2n) is 4.93. The highest BCUT2D eigenvalue weighted by atomic mass is 32.1. The molecule has 0 saturated heterocycles. The maximum Gasteiger partial charge on any atom is 0.321 e. The molecule has 2 amide bonds. The van der Waals surface area contributed by atoms with E-state index in [9.17, 15) is 9.59 Å². The maximum atomic E-state index is 11.5. The summed E-state index contributed by atoms with van der Waals surface area (Å²) in [6.45, 7) is 0.113. The molecule has 1 saturated carbocycles. The summed E-state index contributed by atoms with van der Waals surface area (Å²) in [6.07, 6.45) is 8.00. The summed E-state index contributed by atoms with van der Waals surface area (Å²) in [5.41, 5.74) is 0. The van der Waals surface area contributed by atoms with Crippen LogP contribution in [0.5, 0.6) is 0 Å². The molecule has 1 fully saturated rings. The van der Waals surface area contributed by atoms with Crippen LogP contribution in [0.2, 0.25) is 0 Å². The molecule has 0 aromatic carbocycles. The van der Waals surface area contributed by atoms with Crippen molar-refractivity contribution >= 4 is 28.5 Å². The van der Waals surface area contributed by atoms with Crippen LogP contribution in [0.3, 0.4) is 0 Å². The third-order valence-electron chi connectivity index (χ3n) is 3.38. The molecule has 1 heterocycles. The van der Waals surface area contributed by atoms with Crippen LogP contribution in [0.15, 0.2) is 6.20 Å². The Labute approximate surface area is 121 Å². The first-order valence-electron chi connectivity index (χ1n) is 6.87. The quantitative estimate of drug-likeness (QED) is 0.779. The van der Waals surface area contributed by atoms with Gasteiger partial charge < -0.3 is 10.4 Å². The molecule has 0 atom stereocenters. The molecule has 3 N–H and O–H groups in total. The van der Waals surface area contributed by atoms with E-state index in [1.54, 1.807) is 0 Å². The van der Waals surface area contributed by atoms with E-state index in [1.807, 2.05) is 6.20 Å². The highest BCUT2D eigenvalue weighted by Crippen LogP contribution is 2.36. The van der Waals surface area contributed by atoms with Gasteiger partial charge in [0.1, 0.15) is 0 Å². The topological polar surface area (TPSA) is 91.3 Å². The number of hydrogen-bond acceptors (Lipinski definition) is 4. The first-order chi connectivity index (χ1) is 9.65. The van der Waals surface area contributed by atoms with Crippen LogP contribution in [-0.4, -0.2) is 28.6 Å². The Kier molecular flexibility index (Phi) is 5.34. The molecule has 1 aromatic heterocycles. The number of hydrogen-bond donors (Lipinski definition) is 3. The molecule has 20 heavy (non-hydrogen) atoms. The lowest BCUT2D eigenvalue weighted by atomic mass is 9.89. The van der Waals surface area contributed by atoms with Crippen molar-refractivity contribution in [1.82, 2.24) is 10.3 Å². The fourth-order valence-electron chi connectivity index (χ4n) is 2.34. The van der Waals surface area contributed by atoms with Crippen LogP contribution in [0.25, 0.3) is 0 Å². The van der Waals surface area contributed by atoms with Gasteiger partial charge >= 0.3 is 12.0 Å². The van der Waals surface area contributed by atoms with E-state index >= 15 is 0 Å². The average molecular weight is 297 g/mol. The number of rotatable bonds is 5. The molecule has 110 valence electrons. The van der Waals surface area contributed by atoms with Crippen LogP contribution in [-0.2, 0) is 4.79 Å². The van der Waals surface area contributed by atoms with Crippen molar-refractivity contribution in [3.63, 3.8) is 0 Å². The molecule has 0 radical (unpaired) electrons. The Morgan fingerprint density at radius 2 is 2.10 bits per heavy atom. The van der Waals surface area contributed by atoms with E-state index in [-0.39, 0.29) is 13.0 Å². The van der Waals surface area contributed by atoms with E-state index in [0.29, 0.717) is 11.0 Å². The Morgan fingerprint density at radius 3 is 2.80 bits per heavy atom. The summed E-state index contributed by atoms with van der Waals surface area (Å²) in [6, 6.07) is -0.407. The normalized spacial score (nSPS) is 15.8. The molecular formula is C13H19N3O3S. The highest BCUT2D eigenvalue weighted by molar-refractivity contribution is 7.15. The molecule has 1 aromatic rings. The zero-order valence-electron chi connectivity index (χ0n) is 11.2. The predicted molar refractivity (Wildman–Crippen MR) is 77.2 cm³/mol. The van der Waals surface area contributed by atoms with Crippen LogP contribution in [0.4, 0.5) is 9.93 Å². The lowest BCUT2D eigenvalue weighted by Gasteiger charge is -2.19. The third-order valence-corrected chi connectivity index (χ3v) is 4.45. The Morgan fingerprint density at radius 1 is 1.35 bits per heavy atom. The molecule has 0 spiro atoms. The number of aliphatic carboxylic acids is 1. The minimum Gasteiger partial charge on any atom is -0.481 e. The van der Waals surface area contributed by atoms with E-state index in [0.717, 1.165) is 0 Å². The van der Waals surface area contributed by atoms with Crippen molar-refractivity contribution in [3.05, 3.63) is 11.1 Å². The number of anilines is 1. The monoisotopic (exact) mass is 297 g/mol. The van der Waals surface area contributed by atoms with Crippen LogP contribution < -0.4 is 10.6 Å². The number of carboxylic acids is 1. The van der Waals surface area contributed by atoms with Gasteiger partial charge in [0, 0.05) is 17.6 Å². The maximum absolute atomic E-state index is 11.5. The second-order valence-corrected chi connectivity index (χ2v) is 5.99. The largest absolute Gasteiger partial charge is 0.481 e. The zero-order chi connectivity index (χ0) is 14.4. The lowest BCUT2D eigenvalue weighted by molar-refractivity contribution is -0.136. The number of thiazole rings is 1. The van der Waals surface area contributed by atoms with Crippen molar-refractivity contribution < 1.29 is 14.7 Å². The summed E-state index contributed by atoms with van der Waals surface area (Å²) in [5.74, 6) is -0.356. The van der Waals surface area contributed by atoms with E-state index in [4.69, 9.17) is 5.11 Å². The molecule has 0 unspecified atom stereocenters. The van der Waals surface area contributed by atoms with Crippen LogP contribution in [0.1, 0.15) is 49.3 Å². The lowest BCUT2D eigenvalue weighted by Crippen LogP contribution is -2.30. The summed E-state index contributed by atoms with van der Waals surface area (Å²) in [4.78, 5) is 27.3. The number of nitrogens with zero attached hydrogens (tertiary/aromatic N) is 1. The highest BCUT2D eigenvalue weighted by Gasteiger charge is 2.18. The summed E-state index contributed by atoms with van der Waals surface area (Å²) >= 11 is 1.51. The number of carboxylic acid groups (broad SMARTS) is 1. The number of amides is 2. The second kappa shape index (κ2) is 7.23. The number of carbonyl (C=O) groups excluding carboxylic acids is 1. The number of carbonyl (C=O) groups is 2. The van der Waals surface area contributed by atoms with Crippen molar-refractivity contribution in [3.8, 4) is 0 Å². The molecule has 0 bridgehead atoms. The Hall–Kier alpha value is -1.63. The number of aromatic nitrogens is 1. The van der Waals surface area contributed by atoms with Gasteiger partial charge in [-0.05, 0) is 18.8 Å². The Bertz CT molecular complexity index is 469. The van der Waals surface area contributed by atoms with Crippen molar-refractivity contribution in [2.24, 2.45) is 0 Å². The van der Waals surface area contributed by atoms with Gasteiger partial charge in [-0.1, -0.05) is 19.3 Å². The molecule has 1 aliphatic rings. The minimum absolute atomic E-state index is 0.0847. The summed E-state index contributed by atoms with van der Waals surface area (Å²) in [7, 11) is 0. The fraction of sp³-hybridized carbons (Fsp3) is 0.615. The van der Waals surface area contributed by atoms with Crippen LogP contribution >= 0.6 is 11.3 Å². The van der Waals surface area contributed by atoms with Gasteiger partial charge in [0.05, 0.1) is 6.42 Å². The third kappa shape index (κ3) is 4.48. The number of nitrogens with one attached hydrogen (secondary N) is 2. The molecule has 0 aliphatic heterocycles. The fourth-order valence-corrected chi connectivity index (χ4v) is 3.32. The standard InChI is InChI=1S/C13H19N3O3S/c17-11(18)6-7-14-12(19)16-13-15-8-10(20-13)9-4-2-1-3-5-9/h8-9H,1-7H2,(H,17,18)(H2,14,15,16,19). The molecule has 1 aliphatic carbocycles. The van der Waals surface area contributed by atoms with Gasteiger partial charge in [0.15, 0.2) is 5.13 Å². The van der Waals surface area contributed by atoms with Crippen molar-refractivity contribution in [2.45, 2.75) is 44.4 Å². The van der Waals surface area contributed by atoms with Gasteiger partial charge in [-0.3, -0.25) is 10.1 Å². The summed E-state index contributed by atoms with van der Waals surface area (Å²) < 4.78 is 0. The van der Waals surface area contributed by atoms with Gasteiger partial charge in [-0.2, -0.15) is 0 Å². The van der Waals surface area contributed by atoms with Crippen LogP contribution in [0, 0.1) is 0 Å². The van der Waals surface area contributed by atoms with Gasteiger partial charge in [0.25, 0.3) is 0 Å². The van der Waals surface area contributed by atoms with Gasteiger partial charge in [-0.25, -0.2) is 9.78 Å². The van der Waals surface area contributed by atoms with E-state index in [1.165, 1.54) is 48.3 Å². The van der Waals surface area contributed by atoms with Gasteiger partial charge in [0.2, 0.25) is 0 Å². The number of urea groups is 1. The molecule has 6 nitrogen and oxygen atoms in total. The minimum atomic E-state index is -0.931. The molecule has 2 rings (SSSR count). The van der Waals surface area contributed by atoms with E-state index < -0.39 is 12.0 Å². The smallest absolute Gasteiger partial charge is 0.321 e. The SMILES string of the molecule is O=C(O)CCNC(=O)Nc1ncc(C2CCCCC2)s1. The van der Waals surface area contributed by atoms with Crippen molar-refractivity contribution in [1.29, 1.82) is 0 Å². The predicted octanol–water partition coefficient (Wildman–Crippen LogP) is 2.79. The summed E-state index contributed by atoms with van der Waals surface area (Å²) in [5, 5.41) is 14.2. The Balaban J connectivity index is 1.79. The first-order valence-corrected chi connectivity index (χ1v) is 7.69. The van der Waals surface area contributed by atoms with E-state index in [2.05, 4.69) is 15.6 Å². The average Bonchev–Trinajstić information content (AvgIpc) is 2.88. The molecule has 7 heteroatoms.